The average molecular weight is 163 g/mol. The van der Waals surface area contributed by atoms with Crippen molar-refractivity contribution in [3.05, 3.63) is 0 Å². The van der Waals surface area contributed by atoms with Gasteiger partial charge in [-0.3, -0.25) is 4.79 Å². The van der Waals surface area contributed by atoms with Crippen LogP contribution in [-0.4, -0.2) is 31.9 Å². The summed E-state index contributed by atoms with van der Waals surface area (Å²) in [6, 6.07) is 0. The van der Waals surface area contributed by atoms with Crippen LogP contribution >= 0.6 is 0 Å². The summed E-state index contributed by atoms with van der Waals surface area (Å²) >= 11 is 0. The van der Waals surface area contributed by atoms with Crippen LogP contribution in [0, 0.1) is 0 Å². The van der Waals surface area contributed by atoms with Gasteiger partial charge in [-0.15, -0.1) is 0 Å². The molecule has 0 unspecified atom stereocenters. The maximum absolute atomic E-state index is 10.9. The molecule has 0 spiro atoms. The van der Waals surface area contributed by atoms with Gasteiger partial charge in [0.15, 0.2) is 9.84 Å². The Labute approximate surface area is 59.5 Å². The van der Waals surface area contributed by atoms with E-state index in [2.05, 4.69) is 5.32 Å². The summed E-state index contributed by atoms with van der Waals surface area (Å²) in [5.74, 6) is -0.314. The number of carbonyl (C=O) groups excluding carboxylic acids is 1. The summed E-state index contributed by atoms with van der Waals surface area (Å²) in [6.07, 6.45) is 0. The minimum Gasteiger partial charge on any atom is -0.354 e. The van der Waals surface area contributed by atoms with Crippen LogP contribution in [-0.2, 0) is 14.6 Å². The first-order valence-electron chi connectivity index (χ1n) is 3.03. The zero-order chi connectivity index (χ0) is 7.78. The second-order valence-corrected chi connectivity index (χ2v) is 4.74. The Hall–Kier alpha value is -0.580. The molecule has 1 N–H and O–H groups in total. The lowest BCUT2D eigenvalue weighted by Gasteiger charge is -2.18. The molecule has 0 aromatic rings. The van der Waals surface area contributed by atoms with Gasteiger partial charge in [0.1, 0.15) is 5.25 Å². The molecule has 1 rings (SSSR count). The highest BCUT2D eigenvalue weighted by Crippen LogP contribution is 2.05. The van der Waals surface area contributed by atoms with E-state index in [1.54, 1.807) is 0 Å². The molecule has 1 heterocycles. The molecule has 1 saturated heterocycles. The number of hydrogen-bond acceptors (Lipinski definition) is 3. The second-order valence-electron chi connectivity index (χ2n) is 2.30. The summed E-state index contributed by atoms with van der Waals surface area (Å²) < 4.78 is 21.9. The summed E-state index contributed by atoms with van der Waals surface area (Å²) in [7, 11) is -3.12. The Morgan fingerprint density at radius 1 is 1.60 bits per heavy atom. The van der Waals surface area contributed by atoms with E-state index in [-0.39, 0.29) is 18.2 Å². The van der Waals surface area contributed by atoms with Gasteiger partial charge in [-0.05, 0) is 6.92 Å². The maximum Gasteiger partial charge on any atom is 0.238 e. The quantitative estimate of drug-likeness (QED) is 0.494. The van der Waals surface area contributed by atoms with Gasteiger partial charge in [0.2, 0.25) is 5.91 Å². The summed E-state index contributed by atoms with van der Waals surface area (Å²) in [6.45, 7) is 1.66. The molecular weight excluding hydrogens is 154 g/mol. The lowest BCUT2D eigenvalue weighted by atomic mass is 10.4. The molecule has 1 fully saturated rings. The zero-order valence-corrected chi connectivity index (χ0v) is 6.44. The standard InChI is InChI=1S/C5H9NO3S/c1-4-5(7)6-2-3-10(4,8)9/h4H,2-3H2,1H3,(H,6,7)/t4-/m0/s1. The SMILES string of the molecule is C[C@H]1C(=O)NCCS1(=O)=O. The van der Waals surface area contributed by atoms with Crippen LogP contribution in [0.2, 0.25) is 0 Å². The highest BCUT2D eigenvalue weighted by Gasteiger charge is 2.31. The Bertz CT molecular complexity index is 244. The monoisotopic (exact) mass is 163 g/mol. The highest BCUT2D eigenvalue weighted by molar-refractivity contribution is 7.92. The molecule has 4 nitrogen and oxygen atoms in total. The Morgan fingerprint density at radius 2 is 2.20 bits per heavy atom. The van der Waals surface area contributed by atoms with Crippen molar-refractivity contribution in [2.24, 2.45) is 0 Å². The molecule has 58 valence electrons. The number of nitrogens with one attached hydrogen (secondary N) is 1. The fourth-order valence-corrected chi connectivity index (χ4v) is 1.95. The van der Waals surface area contributed by atoms with Crippen molar-refractivity contribution < 1.29 is 13.2 Å². The molecule has 0 saturated carbocycles. The van der Waals surface area contributed by atoms with E-state index in [0.717, 1.165) is 0 Å². The van der Waals surface area contributed by atoms with Crippen LogP contribution < -0.4 is 5.32 Å². The van der Waals surface area contributed by atoms with Crippen LogP contribution in [0.15, 0.2) is 0 Å². The van der Waals surface area contributed by atoms with Crippen molar-refractivity contribution >= 4 is 15.7 Å². The van der Waals surface area contributed by atoms with Crippen molar-refractivity contribution in [1.29, 1.82) is 0 Å². The molecule has 5 heteroatoms. The van der Waals surface area contributed by atoms with Crippen molar-refractivity contribution in [1.82, 2.24) is 5.32 Å². The molecule has 0 aromatic heterocycles. The van der Waals surface area contributed by atoms with Gasteiger partial charge >= 0.3 is 0 Å². The summed E-state index contributed by atoms with van der Waals surface area (Å²) in [4.78, 5) is 10.7. The molecule has 10 heavy (non-hydrogen) atoms. The fraction of sp³-hybridized carbons (Fsp3) is 0.800. The van der Waals surface area contributed by atoms with Crippen molar-refractivity contribution in [2.45, 2.75) is 12.2 Å². The molecule has 1 aliphatic rings. The van der Waals surface area contributed by atoms with E-state index >= 15 is 0 Å². The molecule has 1 atom stereocenters. The molecule has 0 aliphatic carbocycles. The average Bonchev–Trinajstić information content (AvgIpc) is 1.83. The van der Waals surface area contributed by atoms with Gasteiger partial charge in [-0.1, -0.05) is 0 Å². The van der Waals surface area contributed by atoms with Crippen LogP contribution in [0.25, 0.3) is 0 Å². The molecule has 0 radical (unpaired) electrons. The van der Waals surface area contributed by atoms with Gasteiger partial charge in [0, 0.05) is 6.54 Å². The number of amides is 1. The smallest absolute Gasteiger partial charge is 0.238 e. The molecule has 1 aliphatic heterocycles. The number of carbonyl (C=O) groups is 1. The highest BCUT2D eigenvalue weighted by atomic mass is 32.2. The van der Waals surface area contributed by atoms with E-state index in [1.807, 2.05) is 0 Å². The van der Waals surface area contributed by atoms with E-state index in [4.69, 9.17) is 0 Å². The van der Waals surface area contributed by atoms with E-state index < -0.39 is 15.1 Å². The van der Waals surface area contributed by atoms with Crippen molar-refractivity contribution in [2.75, 3.05) is 12.3 Å². The Kier molecular flexibility index (Phi) is 1.68. The van der Waals surface area contributed by atoms with Gasteiger partial charge in [0.05, 0.1) is 5.75 Å². The number of sulfone groups is 1. The lowest BCUT2D eigenvalue weighted by Crippen LogP contribution is -2.47. The molecule has 0 aromatic carbocycles. The number of hydrogen-bond donors (Lipinski definition) is 1. The van der Waals surface area contributed by atoms with Gasteiger partial charge in [-0.2, -0.15) is 0 Å². The topological polar surface area (TPSA) is 63.2 Å². The summed E-state index contributed by atoms with van der Waals surface area (Å²) in [5.41, 5.74) is 0. The van der Waals surface area contributed by atoms with Crippen LogP contribution in [0.1, 0.15) is 6.92 Å². The first-order chi connectivity index (χ1) is 4.54. The third kappa shape index (κ3) is 1.13. The first-order valence-corrected chi connectivity index (χ1v) is 4.75. The fourth-order valence-electron chi connectivity index (χ4n) is 0.800. The molecule has 1 amide bonds. The van der Waals surface area contributed by atoms with E-state index in [9.17, 15) is 13.2 Å². The largest absolute Gasteiger partial charge is 0.354 e. The Balaban J connectivity index is 2.91. The predicted molar refractivity (Wildman–Crippen MR) is 36.3 cm³/mol. The van der Waals surface area contributed by atoms with Crippen LogP contribution in [0.3, 0.4) is 0 Å². The normalized spacial score (nSPS) is 31.3. The van der Waals surface area contributed by atoms with E-state index in [1.165, 1.54) is 6.92 Å². The van der Waals surface area contributed by atoms with Crippen LogP contribution in [0.4, 0.5) is 0 Å². The minimum absolute atomic E-state index is 0.0694. The van der Waals surface area contributed by atoms with Crippen molar-refractivity contribution in [3.8, 4) is 0 Å². The second kappa shape index (κ2) is 2.23. The maximum atomic E-state index is 10.9. The third-order valence-electron chi connectivity index (χ3n) is 1.59. The van der Waals surface area contributed by atoms with Crippen molar-refractivity contribution in [3.63, 3.8) is 0 Å². The van der Waals surface area contributed by atoms with Gasteiger partial charge in [-0.25, -0.2) is 8.42 Å². The zero-order valence-electron chi connectivity index (χ0n) is 5.62. The Morgan fingerprint density at radius 3 is 2.60 bits per heavy atom. The van der Waals surface area contributed by atoms with E-state index in [0.29, 0.717) is 0 Å². The first kappa shape index (κ1) is 7.53. The number of rotatable bonds is 0. The summed E-state index contributed by atoms with van der Waals surface area (Å²) in [5, 5.41) is 1.61. The minimum atomic E-state index is -3.12. The molecular formula is C5H9NO3S. The third-order valence-corrected chi connectivity index (χ3v) is 3.66. The predicted octanol–water partition coefficient (Wildman–Crippen LogP) is -1.08. The van der Waals surface area contributed by atoms with Crippen LogP contribution in [0.5, 0.6) is 0 Å². The van der Waals surface area contributed by atoms with Gasteiger partial charge < -0.3 is 5.32 Å². The molecule has 0 bridgehead atoms. The van der Waals surface area contributed by atoms with Gasteiger partial charge in [0.25, 0.3) is 0 Å². The lowest BCUT2D eigenvalue weighted by molar-refractivity contribution is -0.120.